The molecule has 0 saturated carbocycles. The molecule has 13 heavy (non-hydrogen) atoms. The van der Waals surface area contributed by atoms with Crippen molar-refractivity contribution in [3.63, 3.8) is 0 Å². The Morgan fingerprint density at radius 1 is 1.31 bits per heavy atom. The molecule has 0 atom stereocenters. The second-order valence-electron chi connectivity index (χ2n) is 2.55. The maximum Gasteiger partial charge on any atom is 0.186 e. The Hall–Kier alpha value is -1.13. The molecule has 3 nitrogen and oxygen atoms in total. The molecular formula is C9H12FNO2. The summed E-state index contributed by atoms with van der Waals surface area (Å²) >= 11 is 0. The first kappa shape index (κ1) is 9.95. The van der Waals surface area contributed by atoms with Crippen molar-refractivity contribution in [3.05, 3.63) is 29.6 Å². The molecule has 72 valence electrons. The van der Waals surface area contributed by atoms with Crippen LogP contribution in [0.4, 0.5) is 10.1 Å². The van der Waals surface area contributed by atoms with Crippen LogP contribution in [0.15, 0.2) is 18.2 Å². The van der Waals surface area contributed by atoms with Crippen molar-refractivity contribution in [2.75, 3.05) is 20.0 Å². The van der Waals surface area contributed by atoms with Gasteiger partial charge in [0.25, 0.3) is 0 Å². The molecule has 0 bridgehead atoms. The summed E-state index contributed by atoms with van der Waals surface area (Å²) in [6.45, 7) is 0. The number of halogens is 1. The molecule has 0 unspecified atom stereocenters. The summed E-state index contributed by atoms with van der Waals surface area (Å²) in [5, 5.41) is 0. The van der Waals surface area contributed by atoms with Crippen molar-refractivity contribution in [2.24, 2.45) is 0 Å². The van der Waals surface area contributed by atoms with Crippen LogP contribution in [0.25, 0.3) is 0 Å². The number of nitrogens with two attached hydrogens (primary N) is 1. The molecule has 1 aromatic carbocycles. The van der Waals surface area contributed by atoms with Gasteiger partial charge in [-0.1, -0.05) is 12.1 Å². The lowest BCUT2D eigenvalue weighted by Crippen LogP contribution is -2.07. The topological polar surface area (TPSA) is 44.5 Å². The summed E-state index contributed by atoms with van der Waals surface area (Å²) in [6, 6.07) is 4.71. The zero-order chi connectivity index (χ0) is 9.84. The number of anilines is 1. The molecule has 0 amide bonds. The Kier molecular flexibility index (Phi) is 3.22. The van der Waals surface area contributed by atoms with E-state index in [0.29, 0.717) is 5.56 Å². The fourth-order valence-corrected chi connectivity index (χ4v) is 1.10. The Balaban J connectivity index is 3.05. The Morgan fingerprint density at radius 2 is 1.92 bits per heavy atom. The molecule has 1 rings (SSSR count). The van der Waals surface area contributed by atoms with Crippen LogP contribution in [0, 0.1) is 5.82 Å². The zero-order valence-corrected chi connectivity index (χ0v) is 7.58. The van der Waals surface area contributed by atoms with E-state index >= 15 is 0 Å². The first-order valence-corrected chi connectivity index (χ1v) is 3.80. The van der Waals surface area contributed by atoms with Gasteiger partial charge < -0.3 is 15.2 Å². The molecule has 0 aliphatic carbocycles. The number of methoxy groups -OCH3 is 2. The lowest BCUT2D eigenvalue weighted by molar-refractivity contribution is -0.107. The zero-order valence-electron chi connectivity index (χ0n) is 7.58. The lowest BCUT2D eigenvalue weighted by Gasteiger charge is -2.14. The standard InChI is InChI=1S/C9H12FNO2/c1-12-9(13-2)6-4-3-5-7(11)8(6)10/h3-5,9H,11H2,1-2H3. The van der Waals surface area contributed by atoms with E-state index in [1.54, 1.807) is 12.1 Å². The van der Waals surface area contributed by atoms with Crippen molar-refractivity contribution in [1.82, 2.24) is 0 Å². The highest BCUT2D eigenvalue weighted by atomic mass is 19.1. The molecule has 0 aliphatic heterocycles. The summed E-state index contributed by atoms with van der Waals surface area (Å²) in [6.07, 6.45) is -0.705. The maximum absolute atomic E-state index is 13.3. The third-order valence-electron chi connectivity index (χ3n) is 1.74. The quantitative estimate of drug-likeness (QED) is 0.575. The van der Waals surface area contributed by atoms with Gasteiger partial charge in [-0.2, -0.15) is 0 Å². The summed E-state index contributed by atoms with van der Waals surface area (Å²) in [7, 11) is 2.88. The highest BCUT2D eigenvalue weighted by molar-refractivity contribution is 5.43. The average molecular weight is 185 g/mol. The highest BCUT2D eigenvalue weighted by Gasteiger charge is 2.15. The van der Waals surface area contributed by atoms with Gasteiger partial charge in [-0.15, -0.1) is 0 Å². The van der Waals surface area contributed by atoms with Gasteiger partial charge in [-0.05, 0) is 6.07 Å². The molecule has 0 radical (unpaired) electrons. The van der Waals surface area contributed by atoms with Crippen LogP contribution in [0.5, 0.6) is 0 Å². The minimum Gasteiger partial charge on any atom is -0.396 e. The van der Waals surface area contributed by atoms with Gasteiger partial charge >= 0.3 is 0 Å². The van der Waals surface area contributed by atoms with Crippen molar-refractivity contribution >= 4 is 5.69 Å². The Bertz CT molecular complexity index is 287. The van der Waals surface area contributed by atoms with Gasteiger partial charge in [-0.3, -0.25) is 0 Å². The molecule has 0 aromatic heterocycles. The van der Waals surface area contributed by atoms with Crippen molar-refractivity contribution in [2.45, 2.75) is 6.29 Å². The normalized spacial score (nSPS) is 10.8. The molecule has 0 aliphatic rings. The largest absolute Gasteiger partial charge is 0.396 e. The number of benzene rings is 1. The summed E-state index contributed by atoms with van der Waals surface area (Å²) < 4.78 is 23.1. The van der Waals surface area contributed by atoms with Crippen LogP contribution in [-0.2, 0) is 9.47 Å². The maximum atomic E-state index is 13.3. The minimum absolute atomic E-state index is 0.0941. The van der Waals surface area contributed by atoms with Gasteiger partial charge in [0.2, 0.25) is 0 Å². The predicted molar refractivity (Wildman–Crippen MR) is 47.6 cm³/mol. The summed E-state index contributed by atoms with van der Waals surface area (Å²) in [5.41, 5.74) is 5.79. The monoisotopic (exact) mass is 185 g/mol. The summed E-state index contributed by atoms with van der Waals surface area (Å²) in [4.78, 5) is 0. The number of ether oxygens (including phenoxy) is 2. The van der Waals surface area contributed by atoms with Gasteiger partial charge in [0.1, 0.15) is 0 Å². The van der Waals surface area contributed by atoms with Gasteiger partial charge in [-0.25, -0.2) is 4.39 Å². The molecule has 2 N–H and O–H groups in total. The van der Waals surface area contributed by atoms with E-state index in [-0.39, 0.29) is 5.69 Å². The van der Waals surface area contributed by atoms with E-state index in [0.717, 1.165) is 0 Å². The SMILES string of the molecule is COC(OC)c1cccc(N)c1F. The Morgan fingerprint density at radius 3 is 2.46 bits per heavy atom. The number of hydrogen-bond acceptors (Lipinski definition) is 3. The van der Waals surface area contributed by atoms with Crippen LogP contribution < -0.4 is 5.73 Å². The number of nitrogen functional groups attached to an aromatic ring is 1. The average Bonchev–Trinajstić information content (AvgIpc) is 2.14. The van der Waals surface area contributed by atoms with Crippen molar-refractivity contribution in [3.8, 4) is 0 Å². The fraction of sp³-hybridized carbons (Fsp3) is 0.333. The van der Waals surface area contributed by atoms with Crippen LogP contribution in [-0.4, -0.2) is 14.2 Å². The van der Waals surface area contributed by atoms with Gasteiger partial charge in [0.15, 0.2) is 12.1 Å². The van der Waals surface area contributed by atoms with E-state index in [1.807, 2.05) is 0 Å². The van der Waals surface area contributed by atoms with Crippen LogP contribution in [0.1, 0.15) is 11.9 Å². The van der Waals surface area contributed by atoms with Crippen LogP contribution in [0.2, 0.25) is 0 Å². The molecule has 0 fully saturated rings. The first-order chi connectivity index (χ1) is 6.20. The smallest absolute Gasteiger partial charge is 0.186 e. The molecule has 0 saturated heterocycles. The number of rotatable bonds is 3. The van der Waals surface area contributed by atoms with Crippen LogP contribution >= 0.6 is 0 Å². The molecule has 0 spiro atoms. The van der Waals surface area contributed by atoms with E-state index < -0.39 is 12.1 Å². The fourth-order valence-electron chi connectivity index (χ4n) is 1.10. The second kappa shape index (κ2) is 4.20. The molecule has 1 aromatic rings. The highest BCUT2D eigenvalue weighted by Crippen LogP contribution is 2.23. The third kappa shape index (κ3) is 1.96. The summed E-state index contributed by atoms with van der Waals surface area (Å²) in [5.74, 6) is -0.490. The van der Waals surface area contributed by atoms with E-state index in [1.165, 1.54) is 20.3 Å². The van der Waals surface area contributed by atoms with Crippen LogP contribution in [0.3, 0.4) is 0 Å². The van der Waals surface area contributed by atoms with Crippen molar-refractivity contribution < 1.29 is 13.9 Å². The Labute approximate surface area is 76.3 Å². The van der Waals surface area contributed by atoms with E-state index in [4.69, 9.17) is 15.2 Å². The van der Waals surface area contributed by atoms with Gasteiger partial charge in [0.05, 0.1) is 5.69 Å². The minimum atomic E-state index is -0.705. The molecule has 4 heteroatoms. The molecular weight excluding hydrogens is 173 g/mol. The predicted octanol–water partition coefficient (Wildman–Crippen LogP) is 1.70. The second-order valence-corrected chi connectivity index (χ2v) is 2.55. The molecule has 0 heterocycles. The van der Waals surface area contributed by atoms with E-state index in [2.05, 4.69) is 0 Å². The third-order valence-corrected chi connectivity index (χ3v) is 1.74. The lowest BCUT2D eigenvalue weighted by atomic mass is 10.2. The van der Waals surface area contributed by atoms with E-state index in [9.17, 15) is 4.39 Å². The van der Waals surface area contributed by atoms with Crippen molar-refractivity contribution in [1.29, 1.82) is 0 Å². The first-order valence-electron chi connectivity index (χ1n) is 3.80. The van der Waals surface area contributed by atoms with Gasteiger partial charge in [0, 0.05) is 19.8 Å². The number of hydrogen-bond donors (Lipinski definition) is 1.